The predicted molar refractivity (Wildman–Crippen MR) is 86.4 cm³/mol. The van der Waals surface area contributed by atoms with Gasteiger partial charge < -0.3 is 15.3 Å². The van der Waals surface area contributed by atoms with E-state index in [4.69, 9.17) is 0 Å². The number of likely N-dealkylation sites (N-methyl/N-ethyl adjacent to an activating group) is 1. The van der Waals surface area contributed by atoms with Crippen molar-refractivity contribution in [2.75, 3.05) is 13.6 Å². The van der Waals surface area contributed by atoms with Crippen LogP contribution >= 0.6 is 0 Å². The summed E-state index contributed by atoms with van der Waals surface area (Å²) < 4.78 is 0. The SMILES string of the molecule is CCC(NC(=O)N(C)CC(C)O)C(C)(C)c1ccccc1. The number of amides is 2. The summed E-state index contributed by atoms with van der Waals surface area (Å²) in [7, 11) is 1.70. The fourth-order valence-electron chi connectivity index (χ4n) is 2.60. The molecule has 2 unspecified atom stereocenters. The molecule has 1 aromatic carbocycles. The zero-order valence-electron chi connectivity index (χ0n) is 13.8. The van der Waals surface area contributed by atoms with Crippen molar-refractivity contribution in [3.63, 3.8) is 0 Å². The van der Waals surface area contributed by atoms with Crippen LogP contribution in [-0.4, -0.2) is 41.8 Å². The molecule has 0 aliphatic carbocycles. The molecule has 0 aromatic heterocycles. The van der Waals surface area contributed by atoms with Gasteiger partial charge >= 0.3 is 6.03 Å². The van der Waals surface area contributed by atoms with E-state index in [0.29, 0.717) is 6.54 Å². The lowest BCUT2D eigenvalue weighted by Gasteiger charge is -2.36. The number of urea groups is 1. The second-order valence-electron chi connectivity index (χ2n) is 6.23. The Morgan fingerprint density at radius 2 is 1.90 bits per heavy atom. The molecule has 2 atom stereocenters. The number of hydrogen-bond donors (Lipinski definition) is 2. The lowest BCUT2D eigenvalue weighted by molar-refractivity contribution is 0.140. The van der Waals surface area contributed by atoms with Crippen molar-refractivity contribution in [3.8, 4) is 0 Å². The second kappa shape index (κ2) is 7.46. The number of aliphatic hydroxyl groups excluding tert-OH is 1. The third kappa shape index (κ3) is 4.74. The smallest absolute Gasteiger partial charge is 0.317 e. The second-order valence-corrected chi connectivity index (χ2v) is 6.23. The number of rotatable bonds is 6. The Bertz CT molecular complexity index is 443. The predicted octanol–water partition coefficient (Wildman–Crippen LogP) is 2.77. The molecule has 0 saturated carbocycles. The van der Waals surface area contributed by atoms with Gasteiger partial charge in [-0.15, -0.1) is 0 Å². The molecular formula is C17H28N2O2. The summed E-state index contributed by atoms with van der Waals surface area (Å²) in [6.07, 6.45) is 0.318. The first-order valence-electron chi connectivity index (χ1n) is 7.54. The topological polar surface area (TPSA) is 52.6 Å². The summed E-state index contributed by atoms with van der Waals surface area (Å²) in [4.78, 5) is 13.8. The Kier molecular flexibility index (Phi) is 6.21. The number of carbonyl (C=O) groups is 1. The minimum absolute atomic E-state index is 0.0313. The van der Waals surface area contributed by atoms with Crippen molar-refractivity contribution in [3.05, 3.63) is 35.9 Å². The van der Waals surface area contributed by atoms with Crippen LogP contribution in [0.1, 0.15) is 39.7 Å². The van der Waals surface area contributed by atoms with Gasteiger partial charge in [-0.2, -0.15) is 0 Å². The fraction of sp³-hybridized carbons (Fsp3) is 0.588. The van der Waals surface area contributed by atoms with Crippen LogP contribution in [0.5, 0.6) is 0 Å². The Hall–Kier alpha value is -1.55. The molecule has 4 nitrogen and oxygen atoms in total. The third-order valence-electron chi connectivity index (χ3n) is 3.98. The van der Waals surface area contributed by atoms with Crippen molar-refractivity contribution < 1.29 is 9.90 Å². The quantitative estimate of drug-likeness (QED) is 0.847. The highest BCUT2D eigenvalue weighted by Crippen LogP contribution is 2.28. The van der Waals surface area contributed by atoms with Crippen LogP contribution in [-0.2, 0) is 5.41 Å². The van der Waals surface area contributed by atoms with E-state index >= 15 is 0 Å². The largest absolute Gasteiger partial charge is 0.392 e. The molecule has 118 valence electrons. The molecule has 0 aliphatic heterocycles. The Morgan fingerprint density at radius 1 is 1.33 bits per heavy atom. The van der Waals surface area contributed by atoms with Crippen molar-refractivity contribution >= 4 is 6.03 Å². The fourth-order valence-corrected chi connectivity index (χ4v) is 2.60. The van der Waals surface area contributed by atoms with Crippen LogP contribution in [0.2, 0.25) is 0 Å². The molecule has 4 heteroatoms. The highest BCUT2D eigenvalue weighted by atomic mass is 16.3. The van der Waals surface area contributed by atoms with Gasteiger partial charge in [0.1, 0.15) is 0 Å². The zero-order valence-corrected chi connectivity index (χ0v) is 13.8. The van der Waals surface area contributed by atoms with Crippen LogP contribution in [0.3, 0.4) is 0 Å². The summed E-state index contributed by atoms with van der Waals surface area (Å²) >= 11 is 0. The zero-order chi connectivity index (χ0) is 16.0. The number of benzene rings is 1. The van der Waals surface area contributed by atoms with Crippen molar-refractivity contribution in [2.45, 2.75) is 51.7 Å². The first-order chi connectivity index (χ1) is 9.78. The van der Waals surface area contributed by atoms with E-state index in [0.717, 1.165) is 6.42 Å². The molecule has 0 heterocycles. The lowest BCUT2D eigenvalue weighted by Crippen LogP contribution is -2.51. The van der Waals surface area contributed by atoms with Crippen LogP contribution in [0.4, 0.5) is 4.79 Å². The maximum absolute atomic E-state index is 12.2. The molecule has 21 heavy (non-hydrogen) atoms. The van der Waals surface area contributed by atoms with Crippen molar-refractivity contribution in [1.29, 1.82) is 0 Å². The number of aliphatic hydroxyl groups is 1. The van der Waals surface area contributed by atoms with Crippen molar-refractivity contribution in [2.24, 2.45) is 0 Å². The maximum Gasteiger partial charge on any atom is 0.317 e. The summed E-state index contributed by atoms with van der Waals surface area (Å²) in [5.74, 6) is 0. The number of nitrogens with one attached hydrogen (secondary N) is 1. The summed E-state index contributed by atoms with van der Waals surface area (Å²) in [5, 5.41) is 12.5. The van der Waals surface area contributed by atoms with Crippen molar-refractivity contribution in [1.82, 2.24) is 10.2 Å². The number of carbonyl (C=O) groups excluding carboxylic acids is 1. The molecule has 0 bridgehead atoms. The normalized spacial score (nSPS) is 14.4. The summed E-state index contributed by atoms with van der Waals surface area (Å²) in [5.41, 5.74) is 1.05. The van der Waals surface area contributed by atoms with E-state index in [-0.39, 0.29) is 17.5 Å². The Morgan fingerprint density at radius 3 is 2.38 bits per heavy atom. The molecule has 1 aromatic rings. The maximum atomic E-state index is 12.2. The van der Waals surface area contributed by atoms with E-state index in [2.05, 4.69) is 38.2 Å². The molecule has 1 rings (SSSR count). The molecule has 2 amide bonds. The molecule has 0 saturated heterocycles. The van der Waals surface area contributed by atoms with Gasteiger partial charge in [-0.25, -0.2) is 4.79 Å². The average molecular weight is 292 g/mol. The standard InChI is InChI=1S/C17H28N2O2/c1-6-15(18-16(21)19(5)12-13(2)20)17(3,4)14-10-8-7-9-11-14/h7-11,13,15,20H,6,12H2,1-5H3,(H,18,21). The van der Waals surface area contributed by atoms with Gasteiger partial charge in [0.25, 0.3) is 0 Å². The molecular weight excluding hydrogens is 264 g/mol. The van der Waals surface area contributed by atoms with E-state index in [9.17, 15) is 9.90 Å². The molecule has 2 N–H and O–H groups in total. The first kappa shape index (κ1) is 17.5. The number of nitrogens with zero attached hydrogens (tertiary/aromatic N) is 1. The Balaban J connectivity index is 2.81. The minimum Gasteiger partial charge on any atom is -0.392 e. The van der Waals surface area contributed by atoms with E-state index < -0.39 is 6.10 Å². The molecule has 0 spiro atoms. The summed E-state index contributed by atoms with van der Waals surface area (Å²) in [6.45, 7) is 8.37. The molecule has 0 fully saturated rings. The lowest BCUT2D eigenvalue weighted by atomic mass is 9.76. The van der Waals surface area contributed by atoms with Crippen LogP contribution in [0, 0.1) is 0 Å². The van der Waals surface area contributed by atoms with Gasteiger partial charge in [0.2, 0.25) is 0 Å². The van der Waals surface area contributed by atoms with Gasteiger partial charge in [-0.1, -0.05) is 51.1 Å². The molecule has 0 aliphatic rings. The first-order valence-corrected chi connectivity index (χ1v) is 7.54. The number of hydrogen-bond acceptors (Lipinski definition) is 2. The monoisotopic (exact) mass is 292 g/mol. The van der Waals surface area contributed by atoms with Gasteiger partial charge in [-0.05, 0) is 18.9 Å². The summed E-state index contributed by atoms with van der Waals surface area (Å²) in [6, 6.07) is 10.1. The highest BCUT2D eigenvalue weighted by molar-refractivity contribution is 5.74. The van der Waals surface area contributed by atoms with Gasteiger partial charge in [0.15, 0.2) is 0 Å². The molecule has 0 radical (unpaired) electrons. The van der Waals surface area contributed by atoms with Gasteiger partial charge in [-0.3, -0.25) is 0 Å². The average Bonchev–Trinajstić information content (AvgIpc) is 2.44. The van der Waals surface area contributed by atoms with Crippen LogP contribution in [0.25, 0.3) is 0 Å². The highest BCUT2D eigenvalue weighted by Gasteiger charge is 2.31. The van der Waals surface area contributed by atoms with Crippen LogP contribution in [0.15, 0.2) is 30.3 Å². The minimum atomic E-state index is -0.525. The third-order valence-corrected chi connectivity index (χ3v) is 3.98. The Labute approximate surface area is 128 Å². The van der Waals surface area contributed by atoms with E-state index in [1.165, 1.54) is 10.5 Å². The van der Waals surface area contributed by atoms with Gasteiger partial charge in [0, 0.05) is 25.0 Å². The van der Waals surface area contributed by atoms with E-state index in [1.54, 1.807) is 14.0 Å². The van der Waals surface area contributed by atoms with E-state index in [1.807, 2.05) is 18.2 Å². The van der Waals surface area contributed by atoms with Gasteiger partial charge in [0.05, 0.1) is 6.10 Å². The van der Waals surface area contributed by atoms with Crippen LogP contribution < -0.4 is 5.32 Å².